The molecular formula is C40H23N5O2. The summed E-state index contributed by atoms with van der Waals surface area (Å²) < 4.78 is 12.0. The molecule has 8 aromatic rings. The lowest BCUT2D eigenvalue weighted by molar-refractivity contribution is 0.619. The molecule has 0 spiro atoms. The number of nitriles is 1. The van der Waals surface area contributed by atoms with Crippen LogP contribution in [0.2, 0.25) is 0 Å². The number of anilines is 3. The van der Waals surface area contributed by atoms with E-state index in [1.54, 1.807) is 18.2 Å². The summed E-state index contributed by atoms with van der Waals surface area (Å²) in [6.07, 6.45) is 0. The van der Waals surface area contributed by atoms with Crippen molar-refractivity contribution in [2.75, 3.05) is 4.90 Å². The number of hydrogen-bond donors (Lipinski definition) is 0. The predicted octanol–water partition coefficient (Wildman–Crippen LogP) is 10.9. The Morgan fingerprint density at radius 2 is 1.02 bits per heavy atom. The van der Waals surface area contributed by atoms with Gasteiger partial charge in [-0.25, -0.2) is 14.8 Å². The lowest BCUT2D eigenvalue weighted by atomic mass is 10.0. The summed E-state index contributed by atoms with van der Waals surface area (Å²) in [5.74, 6) is 1.13. The zero-order valence-corrected chi connectivity index (χ0v) is 24.8. The Labute approximate surface area is 270 Å². The Kier molecular flexibility index (Phi) is 6.76. The van der Waals surface area contributed by atoms with E-state index in [0.717, 1.165) is 61.5 Å². The fourth-order valence-corrected chi connectivity index (χ4v) is 5.65. The van der Waals surface area contributed by atoms with Gasteiger partial charge in [-0.2, -0.15) is 5.26 Å². The third-order valence-corrected chi connectivity index (χ3v) is 7.97. The predicted molar refractivity (Wildman–Crippen MR) is 184 cm³/mol. The van der Waals surface area contributed by atoms with Crippen molar-refractivity contribution in [2.45, 2.75) is 0 Å². The molecule has 0 amide bonds. The van der Waals surface area contributed by atoms with E-state index in [0.29, 0.717) is 23.0 Å². The van der Waals surface area contributed by atoms with Crippen molar-refractivity contribution < 1.29 is 8.83 Å². The standard InChI is InChI=1S/C40H23N5O2/c1-42-31-23-26(25-41)22-30(24-31)27-10-16-32(17-11-27)45(33-18-12-28(13-19-33)39-43-35-6-2-4-8-37(35)46-39)34-20-14-29(15-21-34)40-44-36-7-3-5-9-38(36)47-40/h2-24H. The van der Waals surface area contributed by atoms with Crippen molar-refractivity contribution >= 4 is 44.9 Å². The Hall–Kier alpha value is -6.96. The number of fused-ring (bicyclic) bond motifs is 2. The van der Waals surface area contributed by atoms with Gasteiger partial charge in [-0.1, -0.05) is 36.4 Å². The minimum absolute atomic E-state index is 0.433. The molecule has 0 aliphatic rings. The Morgan fingerprint density at radius 3 is 1.47 bits per heavy atom. The van der Waals surface area contributed by atoms with Gasteiger partial charge in [-0.15, -0.1) is 0 Å². The quantitative estimate of drug-likeness (QED) is 0.175. The van der Waals surface area contributed by atoms with Gasteiger partial charge < -0.3 is 13.7 Å². The van der Waals surface area contributed by atoms with E-state index < -0.39 is 0 Å². The van der Waals surface area contributed by atoms with Crippen LogP contribution in [0.25, 0.3) is 61.1 Å². The van der Waals surface area contributed by atoms with Gasteiger partial charge in [0, 0.05) is 33.8 Å². The molecule has 7 nitrogen and oxygen atoms in total. The average molecular weight is 606 g/mol. The fraction of sp³-hybridized carbons (Fsp3) is 0. The molecule has 0 aliphatic heterocycles. The fourth-order valence-electron chi connectivity index (χ4n) is 5.65. The smallest absolute Gasteiger partial charge is 0.227 e. The van der Waals surface area contributed by atoms with Gasteiger partial charge in [-0.3, -0.25) is 0 Å². The summed E-state index contributed by atoms with van der Waals surface area (Å²) in [7, 11) is 0. The third kappa shape index (κ3) is 5.25. The maximum Gasteiger partial charge on any atom is 0.227 e. The van der Waals surface area contributed by atoms with Crippen molar-refractivity contribution in [1.29, 1.82) is 5.26 Å². The number of nitrogens with zero attached hydrogens (tertiary/aromatic N) is 5. The van der Waals surface area contributed by atoms with Gasteiger partial charge in [0.25, 0.3) is 0 Å². The lowest BCUT2D eigenvalue weighted by Crippen LogP contribution is -2.09. The van der Waals surface area contributed by atoms with Crippen LogP contribution in [-0.2, 0) is 0 Å². The molecule has 0 saturated heterocycles. The Balaban J connectivity index is 1.17. The zero-order chi connectivity index (χ0) is 31.7. The van der Waals surface area contributed by atoms with E-state index in [2.05, 4.69) is 25.8 Å². The lowest BCUT2D eigenvalue weighted by Gasteiger charge is -2.26. The van der Waals surface area contributed by atoms with E-state index in [1.165, 1.54) is 0 Å². The molecule has 0 aliphatic carbocycles. The van der Waals surface area contributed by atoms with Crippen molar-refractivity contribution in [3.8, 4) is 40.1 Å². The maximum absolute atomic E-state index is 9.48. The first-order valence-electron chi connectivity index (χ1n) is 14.9. The molecule has 0 N–H and O–H groups in total. The summed E-state index contributed by atoms with van der Waals surface area (Å²) in [4.78, 5) is 15.0. The van der Waals surface area contributed by atoms with Crippen LogP contribution in [0.15, 0.2) is 148 Å². The molecule has 0 bridgehead atoms. The van der Waals surface area contributed by atoms with Gasteiger partial charge in [0.1, 0.15) is 11.0 Å². The highest BCUT2D eigenvalue weighted by Gasteiger charge is 2.16. The third-order valence-electron chi connectivity index (χ3n) is 7.97. The molecule has 0 radical (unpaired) electrons. The van der Waals surface area contributed by atoms with E-state index in [1.807, 2.05) is 121 Å². The second-order valence-electron chi connectivity index (χ2n) is 10.9. The van der Waals surface area contributed by atoms with Gasteiger partial charge in [0.15, 0.2) is 16.9 Å². The van der Waals surface area contributed by atoms with Crippen molar-refractivity contribution in [1.82, 2.24) is 9.97 Å². The molecular weight excluding hydrogens is 582 g/mol. The largest absolute Gasteiger partial charge is 0.436 e. The van der Waals surface area contributed by atoms with Crippen LogP contribution >= 0.6 is 0 Å². The molecule has 0 fully saturated rings. The van der Waals surface area contributed by atoms with Crippen LogP contribution in [0.3, 0.4) is 0 Å². The molecule has 220 valence electrons. The van der Waals surface area contributed by atoms with Crippen LogP contribution < -0.4 is 4.90 Å². The summed E-state index contributed by atoms with van der Waals surface area (Å²) in [6, 6.07) is 47.1. The molecule has 0 saturated carbocycles. The van der Waals surface area contributed by atoms with Crippen molar-refractivity contribution in [3.63, 3.8) is 0 Å². The number of para-hydroxylation sites is 4. The monoisotopic (exact) mass is 605 g/mol. The second-order valence-corrected chi connectivity index (χ2v) is 10.9. The highest BCUT2D eigenvalue weighted by Crippen LogP contribution is 2.38. The first-order valence-corrected chi connectivity index (χ1v) is 14.9. The highest BCUT2D eigenvalue weighted by atomic mass is 16.4. The van der Waals surface area contributed by atoms with Gasteiger partial charge in [-0.05, 0) is 114 Å². The second kappa shape index (κ2) is 11.5. The number of rotatable bonds is 6. The molecule has 0 unspecified atom stereocenters. The number of oxazole rings is 2. The minimum atomic E-state index is 0.433. The normalized spacial score (nSPS) is 10.9. The van der Waals surface area contributed by atoms with Crippen LogP contribution in [-0.4, -0.2) is 9.97 Å². The summed E-state index contributed by atoms with van der Waals surface area (Å²) >= 11 is 0. The van der Waals surface area contributed by atoms with Crippen LogP contribution in [0.4, 0.5) is 22.7 Å². The van der Waals surface area contributed by atoms with Crippen LogP contribution in [0.5, 0.6) is 0 Å². The topological polar surface area (TPSA) is 83.5 Å². The van der Waals surface area contributed by atoms with Crippen LogP contribution in [0.1, 0.15) is 5.56 Å². The summed E-state index contributed by atoms with van der Waals surface area (Å²) in [5.41, 5.74) is 10.3. The number of hydrogen-bond acceptors (Lipinski definition) is 6. The van der Waals surface area contributed by atoms with E-state index >= 15 is 0 Å². The van der Waals surface area contributed by atoms with Gasteiger partial charge >= 0.3 is 0 Å². The van der Waals surface area contributed by atoms with Gasteiger partial charge in [0.2, 0.25) is 11.8 Å². The van der Waals surface area contributed by atoms with E-state index in [9.17, 15) is 5.26 Å². The zero-order valence-electron chi connectivity index (χ0n) is 24.8. The minimum Gasteiger partial charge on any atom is -0.436 e. The SMILES string of the molecule is [C-]#[N+]c1cc(C#N)cc(-c2ccc(N(c3ccc(-c4nc5ccccc5o4)cc3)c3ccc(-c4nc5ccccc5o4)cc3)cc2)c1. The molecule has 2 aromatic heterocycles. The van der Waals surface area contributed by atoms with Gasteiger partial charge in [0.05, 0.1) is 12.6 Å². The molecule has 8 rings (SSSR count). The first-order chi connectivity index (χ1) is 23.1. The number of benzene rings is 6. The Morgan fingerprint density at radius 1 is 0.553 bits per heavy atom. The Bertz CT molecular complexity index is 2260. The molecule has 0 atom stereocenters. The van der Waals surface area contributed by atoms with Crippen molar-refractivity contribution in [2.24, 2.45) is 0 Å². The van der Waals surface area contributed by atoms with Crippen LogP contribution in [0, 0.1) is 17.9 Å². The number of aromatic nitrogens is 2. The van der Waals surface area contributed by atoms with E-state index in [4.69, 9.17) is 15.4 Å². The molecule has 7 heteroatoms. The highest BCUT2D eigenvalue weighted by molar-refractivity contribution is 5.82. The molecule has 6 aromatic carbocycles. The van der Waals surface area contributed by atoms with Crippen molar-refractivity contribution in [3.05, 3.63) is 157 Å². The van der Waals surface area contributed by atoms with E-state index in [-0.39, 0.29) is 0 Å². The molecule has 2 heterocycles. The maximum atomic E-state index is 9.48. The average Bonchev–Trinajstić information content (AvgIpc) is 3.77. The summed E-state index contributed by atoms with van der Waals surface area (Å²) in [5, 5.41) is 9.48. The summed E-state index contributed by atoms with van der Waals surface area (Å²) in [6.45, 7) is 7.44. The molecule has 47 heavy (non-hydrogen) atoms. The first kappa shape index (κ1) is 27.6.